The Kier molecular flexibility index (Phi) is 6.61. The quantitative estimate of drug-likeness (QED) is 0.231. The van der Waals surface area contributed by atoms with Crippen LogP contribution in [0.5, 0.6) is 5.75 Å². The first-order valence-electron chi connectivity index (χ1n) is 9.63. The van der Waals surface area contributed by atoms with E-state index in [-0.39, 0.29) is 18.1 Å². The van der Waals surface area contributed by atoms with Gasteiger partial charge in [0.1, 0.15) is 17.1 Å². The van der Waals surface area contributed by atoms with Gasteiger partial charge in [-0.05, 0) is 36.8 Å². The number of aryl methyl sites for hydroxylation is 1. The van der Waals surface area contributed by atoms with E-state index in [0.29, 0.717) is 53.1 Å². The molecule has 0 aliphatic heterocycles. The summed E-state index contributed by atoms with van der Waals surface area (Å²) in [5, 5.41) is 20.5. The Balaban J connectivity index is 1.98. The number of furan rings is 1. The van der Waals surface area contributed by atoms with Gasteiger partial charge in [0, 0.05) is 42.5 Å². The van der Waals surface area contributed by atoms with Gasteiger partial charge in [-0.1, -0.05) is 13.3 Å². The van der Waals surface area contributed by atoms with Crippen LogP contribution < -0.4 is 4.74 Å². The molecule has 0 saturated heterocycles. The molecule has 0 spiro atoms. The van der Waals surface area contributed by atoms with Crippen molar-refractivity contribution >= 4 is 22.4 Å². The number of nitro benzene ring substituents is 1. The third kappa shape index (κ3) is 4.63. The van der Waals surface area contributed by atoms with Crippen molar-refractivity contribution in [3.8, 4) is 5.75 Å². The molecule has 1 heterocycles. The number of benzene rings is 2. The first-order chi connectivity index (χ1) is 14.0. The first kappa shape index (κ1) is 20.5. The van der Waals surface area contributed by atoms with Gasteiger partial charge in [0.25, 0.3) is 5.69 Å². The smallest absolute Gasteiger partial charge is 0.270 e. The van der Waals surface area contributed by atoms with Gasteiger partial charge in [-0.3, -0.25) is 14.9 Å². The summed E-state index contributed by atoms with van der Waals surface area (Å²) in [4.78, 5) is 24.0. The summed E-state index contributed by atoms with van der Waals surface area (Å²) in [7, 11) is 0. The average molecular weight is 397 g/mol. The maximum absolute atomic E-state index is 13.3. The SMILES string of the molecule is CCCCc1oc2ccc([N+](=O)[O-])cc2c1C(=O)c1ccc(OCCCO)cc1. The van der Waals surface area contributed by atoms with Crippen molar-refractivity contribution in [3.05, 3.63) is 69.5 Å². The number of hydrogen-bond donors (Lipinski definition) is 1. The van der Waals surface area contributed by atoms with Gasteiger partial charge in [0.05, 0.1) is 17.1 Å². The molecule has 152 valence electrons. The number of fused-ring (bicyclic) bond motifs is 1. The Labute approximate surface area is 168 Å². The standard InChI is InChI=1S/C22H23NO6/c1-2-3-5-20-21(18-14-16(23(26)27)8-11-19(18)29-20)22(25)15-6-9-17(10-7-15)28-13-4-12-24/h6-11,14,24H,2-5,12-13H2,1H3. The molecule has 0 radical (unpaired) electrons. The fourth-order valence-electron chi connectivity index (χ4n) is 3.11. The van der Waals surface area contributed by atoms with Crippen LogP contribution in [0.3, 0.4) is 0 Å². The molecule has 0 saturated carbocycles. The van der Waals surface area contributed by atoms with Gasteiger partial charge in [-0.25, -0.2) is 0 Å². The lowest BCUT2D eigenvalue weighted by atomic mass is 9.98. The largest absolute Gasteiger partial charge is 0.494 e. The number of rotatable bonds is 10. The fraction of sp³-hybridized carbons (Fsp3) is 0.318. The topological polar surface area (TPSA) is 103 Å². The number of non-ortho nitro benzene ring substituents is 1. The number of carbonyl (C=O) groups excluding carboxylic acids is 1. The molecule has 0 bridgehead atoms. The van der Waals surface area contributed by atoms with Gasteiger partial charge >= 0.3 is 0 Å². The van der Waals surface area contributed by atoms with Gasteiger partial charge in [-0.2, -0.15) is 0 Å². The molecule has 7 nitrogen and oxygen atoms in total. The predicted molar refractivity (Wildman–Crippen MR) is 109 cm³/mol. The molecule has 1 N–H and O–H groups in total. The van der Waals surface area contributed by atoms with E-state index in [4.69, 9.17) is 14.3 Å². The molecule has 2 aromatic carbocycles. The normalized spacial score (nSPS) is 11.0. The highest BCUT2D eigenvalue weighted by Gasteiger charge is 2.23. The Bertz CT molecular complexity index is 1010. The lowest BCUT2D eigenvalue weighted by Gasteiger charge is -2.07. The number of nitrogens with zero attached hydrogens (tertiary/aromatic N) is 1. The van der Waals surface area contributed by atoms with Crippen molar-refractivity contribution in [1.82, 2.24) is 0 Å². The minimum absolute atomic E-state index is 0.0524. The molecule has 3 rings (SSSR count). The second kappa shape index (κ2) is 9.34. The molecule has 0 amide bonds. The minimum atomic E-state index is -0.481. The van der Waals surface area contributed by atoms with Crippen molar-refractivity contribution in [1.29, 1.82) is 0 Å². The van der Waals surface area contributed by atoms with Crippen LogP contribution in [-0.4, -0.2) is 29.0 Å². The summed E-state index contributed by atoms with van der Waals surface area (Å²) < 4.78 is 11.4. The molecule has 3 aromatic rings. The van der Waals surface area contributed by atoms with Crippen LogP contribution in [0.15, 0.2) is 46.9 Å². The van der Waals surface area contributed by atoms with Crippen LogP contribution in [0.2, 0.25) is 0 Å². The highest BCUT2D eigenvalue weighted by Crippen LogP contribution is 2.32. The first-order valence-corrected chi connectivity index (χ1v) is 9.63. The lowest BCUT2D eigenvalue weighted by Crippen LogP contribution is -2.05. The third-order valence-electron chi connectivity index (χ3n) is 4.63. The van der Waals surface area contributed by atoms with E-state index in [2.05, 4.69) is 0 Å². The van der Waals surface area contributed by atoms with Crippen molar-refractivity contribution in [2.24, 2.45) is 0 Å². The van der Waals surface area contributed by atoms with Crippen molar-refractivity contribution < 1.29 is 24.0 Å². The molecule has 0 aliphatic rings. The number of unbranched alkanes of at least 4 members (excludes halogenated alkanes) is 1. The lowest BCUT2D eigenvalue weighted by molar-refractivity contribution is -0.384. The maximum atomic E-state index is 13.3. The molecule has 29 heavy (non-hydrogen) atoms. The zero-order chi connectivity index (χ0) is 20.8. The van der Waals surface area contributed by atoms with E-state index in [0.717, 1.165) is 12.8 Å². The van der Waals surface area contributed by atoms with E-state index < -0.39 is 4.92 Å². The Morgan fingerprint density at radius 3 is 2.59 bits per heavy atom. The molecule has 0 atom stereocenters. The highest BCUT2D eigenvalue weighted by atomic mass is 16.6. The Morgan fingerprint density at radius 1 is 1.17 bits per heavy atom. The number of hydrogen-bond acceptors (Lipinski definition) is 6. The van der Waals surface area contributed by atoms with Gasteiger partial charge < -0.3 is 14.3 Å². The molecule has 0 fully saturated rings. The van der Waals surface area contributed by atoms with Crippen LogP contribution >= 0.6 is 0 Å². The number of aliphatic hydroxyl groups is 1. The van der Waals surface area contributed by atoms with E-state index in [9.17, 15) is 14.9 Å². The van der Waals surface area contributed by atoms with E-state index in [1.54, 1.807) is 24.3 Å². The van der Waals surface area contributed by atoms with Crippen LogP contribution in [0.4, 0.5) is 5.69 Å². The van der Waals surface area contributed by atoms with Gasteiger partial charge in [0.15, 0.2) is 5.78 Å². The van der Waals surface area contributed by atoms with Gasteiger partial charge in [0.2, 0.25) is 0 Å². The molecule has 1 aromatic heterocycles. The van der Waals surface area contributed by atoms with Crippen LogP contribution in [-0.2, 0) is 6.42 Å². The predicted octanol–water partition coefficient (Wildman–Crippen LogP) is 4.68. The molecule has 0 unspecified atom stereocenters. The zero-order valence-corrected chi connectivity index (χ0v) is 16.2. The summed E-state index contributed by atoms with van der Waals surface area (Å²) in [6, 6.07) is 11.0. The Morgan fingerprint density at radius 2 is 1.93 bits per heavy atom. The number of nitro groups is 1. The van der Waals surface area contributed by atoms with E-state index in [1.807, 2.05) is 6.92 Å². The summed E-state index contributed by atoms with van der Waals surface area (Å²) in [5.41, 5.74) is 1.22. The zero-order valence-electron chi connectivity index (χ0n) is 16.2. The van der Waals surface area contributed by atoms with Crippen LogP contribution in [0, 0.1) is 10.1 Å². The van der Waals surface area contributed by atoms with Crippen LogP contribution in [0.25, 0.3) is 11.0 Å². The van der Waals surface area contributed by atoms with Crippen LogP contribution in [0.1, 0.15) is 47.9 Å². The molecule has 7 heteroatoms. The average Bonchev–Trinajstić information content (AvgIpc) is 3.09. The Hall–Kier alpha value is -3.19. The summed E-state index contributed by atoms with van der Waals surface area (Å²) >= 11 is 0. The fourth-order valence-corrected chi connectivity index (χ4v) is 3.11. The van der Waals surface area contributed by atoms with Crippen molar-refractivity contribution in [3.63, 3.8) is 0 Å². The van der Waals surface area contributed by atoms with E-state index >= 15 is 0 Å². The van der Waals surface area contributed by atoms with Crippen molar-refractivity contribution in [2.45, 2.75) is 32.6 Å². The van der Waals surface area contributed by atoms with E-state index in [1.165, 1.54) is 18.2 Å². The van der Waals surface area contributed by atoms with Gasteiger partial charge in [-0.15, -0.1) is 0 Å². The second-order valence-electron chi connectivity index (χ2n) is 6.72. The number of aliphatic hydroxyl groups excluding tert-OH is 1. The summed E-state index contributed by atoms with van der Waals surface area (Å²) in [5.74, 6) is 0.918. The molecule has 0 aliphatic carbocycles. The number of carbonyl (C=O) groups is 1. The molecular weight excluding hydrogens is 374 g/mol. The highest BCUT2D eigenvalue weighted by molar-refractivity contribution is 6.17. The third-order valence-corrected chi connectivity index (χ3v) is 4.63. The summed E-state index contributed by atoms with van der Waals surface area (Å²) in [6.45, 7) is 2.49. The van der Waals surface area contributed by atoms with Crippen molar-refractivity contribution in [2.75, 3.05) is 13.2 Å². The minimum Gasteiger partial charge on any atom is -0.494 e. The number of ketones is 1. The number of ether oxygens (including phenoxy) is 1. The summed E-state index contributed by atoms with van der Waals surface area (Å²) in [6.07, 6.45) is 2.90. The second-order valence-corrected chi connectivity index (χ2v) is 6.72. The molecular formula is C22H23NO6. The monoisotopic (exact) mass is 397 g/mol. The maximum Gasteiger partial charge on any atom is 0.270 e.